The fourth-order valence-electron chi connectivity index (χ4n) is 4.40. The molecule has 1 spiro atoms. The molecule has 3 heterocycles. The van der Waals surface area contributed by atoms with E-state index in [-0.39, 0.29) is 5.60 Å². The summed E-state index contributed by atoms with van der Waals surface area (Å²) in [6.07, 6.45) is 3.83. The zero-order valence-electron chi connectivity index (χ0n) is 16.0. The molecule has 140 valence electrons. The minimum absolute atomic E-state index is 0.0121. The topological polar surface area (TPSA) is 28.2 Å². The van der Waals surface area contributed by atoms with Crippen molar-refractivity contribution in [1.82, 2.24) is 14.7 Å². The van der Waals surface area contributed by atoms with Crippen molar-refractivity contribution in [3.8, 4) is 0 Å². The van der Waals surface area contributed by atoms with E-state index >= 15 is 0 Å². The second kappa shape index (κ2) is 8.45. The van der Waals surface area contributed by atoms with Crippen LogP contribution >= 0.6 is 0 Å². The van der Waals surface area contributed by atoms with Crippen LogP contribution in [0.15, 0.2) is 0 Å². The lowest BCUT2D eigenvalue weighted by atomic mass is 9.98. The molecule has 2 atom stereocenters. The third-order valence-electron chi connectivity index (χ3n) is 6.00. The first-order chi connectivity index (χ1) is 11.6. The van der Waals surface area contributed by atoms with Gasteiger partial charge in [0.15, 0.2) is 0 Å². The molecule has 0 aliphatic carbocycles. The molecule has 3 rings (SSSR count). The molecule has 0 aromatic heterocycles. The molecule has 3 aliphatic rings. The predicted octanol–water partition coefficient (Wildman–Crippen LogP) is 1.67. The molecule has 0 aromatic carbocycles. The number of hydrogen-bond donors (Lipinski definition) is 0. The van der Waals surface area contributed by atoms with Gasteiger partial charge in [-0.2, -0.15) is 0 Å². The minimum atomic E-state index is -0.0121. The quantitative estimate of drug-likeness (QED) is 0.734. The van der Waals surface area contributed by atoms with Crippen molar-refractivity contribution in [2.24, 2.45) is 0 Å². The molecule has 0 radical (unpaired) electrons. The molecule has 0 unspecified atom stereocenters. The van der Waals surface area contributed by atoms with Crippen LogP contribution in [0.25, 0.3) is 0 Å². The molecule has 5 nitrogen and oxygen atoms in total. The van der Waals surface area contributed by atoms with Crippen LogP contribution < -0.4 is 0 Å². The summed E-state index contributed by atoms with van der Waals surface area (Å²) in [5, 5.41) is 0. The highest BCUT2D eigenvalue weighted by atomic mass is 16.6. The monoisotopic (exact) mass is 339 g/mol. The van der Waals surface area contributed by atoms with Gasteiger partial charge >= 0.3 is 0 Å². The highest BCUT2D eigenvalue weighted by Crippen LogP contribution is 2.31. The lowest BCUT2D eigenvalue weighted by Gasteiger charge is -2.44. The normalized spacial score (nSPS) is 33.8. The maximum Gasteiger partial charge on any atom is 0.107 e. The van der Waals surface area contributed by atoms with Crippen molar-refractivity contribution in [2.45, 2.75) is 57.8 Å². The summed E-state index contributed by atoms with van der Waals surface area (Å²) < 4.78 is 12.0. The molecular formula is C19H37N3O2. The zero-order valence-corrected chi connectivity index (χ0v) is 16.0. The Labute approximate surface area is 148 Å². The fourth-order valence-corrected chi connectivity index (χ4v) is 4.40. The van der Waals surface area contributed by atoms with Crippen molar-refractivity contribution in [3.05, 3.63) is 0 Å². The van der Waals surface area contributed by atoms with E-state index in [1.54, 1.807) is 0 Å². The summed E-state index contributed by atoms with van der Waals surface area (Å²) in [7, 11) is 0. The molecule has 5 heteroatoms. The molecule has 0 N–H and O–H groups in total. The maximum absolute atomic E-state index is 6.36. The van der Waals surface area contributed by atoms with Crippen molar-refractivity contribution in [3.63, 3.8) is 0 Å². The Bertz CT molecular complexity index is 377. The van der Waals surface area contributed by atoms with Gasteiger partial charge in [-0.05, 0) is 39.8 Å². The molecule has 0 amide bonds. The van der Waals surface area contributed by atoms with E-state index in [1.807, 2.05) is 0 Å². The van der Waals surface area contributed by atoms with Gasteiger partial charge < -0.3 is 14.4 Å². The van der Waals surface area contributed by atoms with E-state index in [2.05, 4.69) is 35.5 Å². The molecule has 3 aliphatic heterocycles. The molecule has 0 bridgehead atoms. The average molecular weight is 340 g/mol. The van der Waals surface area contributed by atoms with Gasteiger partial charge in [-0.1, -0.05) is 6.92 Å². The van der Waals surface area contributed by atoms with Crippen LogP contribution in [0, 0.1) is 0 Å². The van der Waals surface area contributed by atoms with E-state index in [1.165, 1.54) is 45.7 Å². The Balaban J connectivity index is 1.40. The number of rotatable bonds is 6. The Kier molecular flexibility index (Phi) is 6.55. The minimum Gasteiger partial charge on any atom is -0.378 e. The SMILES string of the molecule is CC[C@@H]1CN(CCCN2CCN(C(C)C)CC2)C[C@@]2(CCOC2)O1. The first kappa shape index (κ1) is 18.6. The summed E-state index contributed by atoms with van der Waals surface area (Å²) in [5.41, 5.74) is -0.0121. The van der Waals surface area contributed by atoms with Gasteiger partial charge in [0.2, 0.25) is 0 Å². The Morgan fingerprint density at radius 3 is 2.46 bits per heavy atom. The first-order valence-corrected chi connectivity index (χ1v) is 10.0. The van der Waals surface area contributed by atoms with E-state index in [0.29, 0.717) is 12.1 Å². The van der Waals surface area contributed by atoms with Crippen molar-refractivity contribution >= 4 is 0 Å². The zero-order chi connectivity index (χ0) is 17.0. The standard InChI is InChI=1S/C19H37N3O2/c1-4-18-14-21(15-19(24-18)6-13-23-16-19)8-5-7-20-9-11-22(12-10-20)17(2)3/h17-18H,4-16H2,1-3H3/t18-,19-/m1/s1. The van der Waals surface area contributed by atoms with Gasteiger partial charge in [0.05, 0.1) is 12.7 Å². The highest BCUT2D eigenvalue weighted by molar-refractivity contribution is 4.93. The number of nitrogens with zero attached hydrogens (tertiary/aromatic N) is 3. The Morgan fingerprint density at radius 1 is 1.08 bits per heavy atom. The fraction of sp³-hybridized carbons (Fsp3) is 1.00. The lowest BCUT2D eigenvalue weighted by Crippen LogP contribution is -2.56. The largest absolute Gasteiger partial charge is 0.378 e. The summed E-state index contributed by atoms with van der Waals surface area (Å²) in [5.74, 6) is 0. The lowest BCUT2D eigenvalue weighted by molar-refractivity contribution is -0.154. The molecule has 3 fully saturated rings. The van der Waals surface area contributed by atoms with Crippen molar-refractivity contribution in [1.29, 1.82) is 0 Å². The van der Waals surface area contributed by atoms with Crippen LogP contribution in [0.1, 0.15) is 40.0 Å². The summed E-state index contributed by atoms with van der Waals surface area (Å²) >= 11 is 0. The smallest absolute Gasteiger partial charge is 0.107 e. The Hall–Kier alpha value is -0.200. The third kappa shape index (κ3) is 4.70. The second-order valence-electron chi connectivity index (χ2n) is 8.19. The van der Waals surface area contributed by atoms with Gasteiger partial charge in [-0.3, -0.25) is 9.80 Å². The summed E-state index contributed by atoms with van der Waals surface area (Å²) in [4.78, 5) is 7.87. The van der Waals surface area contributed by atoms with Crippen LogP contribution in [0.2, 0.25) is 0 Å². The van der Waals surface area contributed by atoms with Crippen LogP contribution in [-0.4, -0.2) is 98.0 Å². The average Bonchev–Trinajstić information content (AvgIpc) is 3.02. The predicted molar refractivity (Wildman–Crippen MR) is 97.5 cm³/mol. The maximum atomic E-state index is 6.36. The van der Waals surface area contributed by atoms with E-state index in [4.69, 9.17) is 9.47 Å². The number of ether oxygens (including phenoxy) is 2. The van der Waals surface area contributed by atoms with Gasteiger partial charge in [-0.15, -0.1) is 0 Å². The van der Waals surface area contributed by atoms with Crippen LogP contribution in [0.4, 0.5) is 0 Å². The third-order valence-corrected chi connectivity index (χ3v) is 6.00. The van der Waals surface area contributed by atoms with E-state index in [9.17, 15) is 0 Å². The summed E-state index contributed by atoms with van der Waals surface area (Å²) in [6, 6.07) is 0.691. The van der Waals surface area contributed by atoms with Gasteiger partial charge in [0, 0.05) is 58.3 Å². The van der Waals surface area contributed by atoms with Crippen LogP contribution in [-0.2, 0) is 9.47 Å². The second-order valence-corrected chi connectivity index (χ2v) is 8.19. The van der Waals surface area contributed by atoms with Crippen LogP contribution in [0.3, 0.4) is 0 Å². The van der Waals surface area contributed by atoms with E-state index < -0.39 is 0 Å². The van der Waals surface area contributed by atoms with Gasteiger partial charge in [0.25, 0.3) is 0 Å². The van der Waals surface area contributed by atoms with Crippen molar-refractivity contribution in [2.75, 3.05) is 65.6 Å². The summed E-state index contributed by atoms with van der Waals surface area (Å²) in [6.45, 7) is 18.0. The molecule has 3 saturated heterocycles. The molecule has 0 saturated carbocycles. The van der Waals surface area contributed by atoms with E-state index in [0.717, 1.165) is 39.1 Å². The Morgan fingerprint density at radius 2 is 1.83 bits per heavy atom. The van der Waals surface area contributed by atoms with Crippen LogP contribution in [0.5, 0.6) is 0 Å². The first-order valence-electron chi connectivity index (χ1n) is 10.0. The number of morpholine rings is 1. The number of hydrogen-bond acceptors (Lipinski definition) is 5. The molecule has 24 heavy (non-hydrogen) atoms. The number of piperazine rings is 1. The van der Waals surface area contributed by atoms with Crippen molar-refractivity contribution < 1.29 is 9.47 Å². The molecule has 0 aromatic rings. The highest BCUT2D eigenvalue weighted by Gasteiger charge is 2.43. The molecular weight excluding hydrogens is 302 g/mol. The van der Waals surface area contributed by atoms with Gasteiger partial charge in [-0.25, -0.2) is 0 Å². The van der Waals surface area contributed by atoms with Gasteiger partial charge in [0.1, 0.15) is 5.60 Å².